The molecule has 112 valence electrons. The lowest BCUT2D eigenvalue weighted by Crippen LogP contribution is -2.00. The summed E-state index contributed by atoms with van der Waals surface area (Å²) in [6.07, 6.45) is 0.473. The summed E-state index contributed by atoms with van der Waals surface area (Å²) in [5, 5.41) is -0.133. The molecule has 2 rings (SSSR count). The number of halogens is 3. The number of alkyl halides is 1. The quantitative estimate of drug-likeness (QED) is 0.717. The van der Waals surface area contributed by atoms with E-state index in [1.54, 1.807) is 32.4 Å². The van der Waals surface area contributed by atoms with Gasteiger partial charge in [-0.25, -0.2) is 4.39 Å². The molecule has 0 aliphatic carbocycles. The van der Waals surface area contributed by atoms with E-state index in [9.17, 15) is 4.39 Å². The van der Waals surface area contributed by atoms with Crippen LogP contribution in [-0.2, 0) is 6.42 Å². The average Bonchev–Trinajstić information content (AvgIpc) is 2.46. The van der Waals surface area contributed by atoms with Crippen LogP contribution in [0.1, 0.15) is 16.5 Å². The molecular weight excluding hydrogens is 314 g/mol. The van der Waals surface area contributed by atoms with Gasteiger partial charge in [-0.15, -0.1) is 11.6 Å². The van der Waals surface area contributed by atoms with E-state index in [-0.39, 0.29) is 0 Å². The Balaban J connectivity index is 2.21. The molecule has 0 aliphatic heterocycles. The van der Waals surface area contributed by atoms with Gasteiger partial charge in [-0.3, -0.25) is 0 Å². The average molecular weight is 329 g/mol. The summed E-state index contributed by atoms with van der Waals surface area (Å²) in [4.78, 5) is 0. The van der Waals surface area contributed by atoms with Gasteiger partial charge in [-0.2, -0.15) is 0 Å². The van der Waals surface area contributed by atoms with Crippen LogP contribution in [0.3, 0.4) is 0 Å². The smallest absolute Gasteiger partial charge is 0.160 e. The fourth-order valence-corrected chi connectivity index (χ4v) is 2.59. The van der Waals surface area contributed by atoms with Crippen LogP contribution in [0.15, 0.2) is 36.4 Å². The first kappa shape index (κ1) is 15.9. The number of ether oxygens (including phenoxy) is 2. The van der Waals surface area contributed by atoms with Crippen LogP contribution in [0.5, 0.6) is 11.5 Å². The predicted molar refractivity (Wildman–Crippen MR) is 83.3 cm³/mol. The van der Waals surface area contributed by atoms with Crippen molar-refractivity contribution < 1.29 is 13.9 Å². The molecule has 0 radical (unpaired) electrons. The SMILES string of the molecule is COc1ccc(CC(Cl)c2ccc(Cl)cc2F)cc1OC. The molecule has 0 aromatic heterocycles. The maximum absolute atomic E-state index is 13.9. The van der Waals surface area contributed by atoms with Crippen molar-refractivity contribution in [3.05, 3.63) is 58.4 Å². The predicted octanol–water partition coefficient (Wildman–Crippen LogP) is 5.02. The molecule has 0 aliphatic rings. The molecule has 21 heavy (non-hydrogen) atoms. The topological polar surface area (TPSA) is 18.5 Å². The number of rotatable bonds is 5. The molecule has 5 heteroatoms. The summed E-state index contributed by atoms with van der Waals surface area (Å²) in [6.45, 7) is 0. The van der Waals surface area contributed by atoms with Gasteiger partial charge in [0.2, 0.25) is 0 Å². The van der Waals surface area contributed by atoms with Crippen molar-refractivity contribution in [2.45, 2.75) is 11.8 Å². The highest BCUT2D eigenvalue weighted by Gasteiger charge is 2.15. The van der Waals surface area contributed by atoms with Crippen LogP contribution in [0, 0.1) is 5.82 Å². The van der Waals surface area contributed by atoms with Crippen molar-refractivity contribution in [2.24, 2.45) is 0 Å². The number of methoxy groups -OCH3 is 2. The molecular formula is C16H15Cl2FO2. The van der Waals surface area contributed by atoms with Gasteiger partial charge >= 0.3 is 0 Å². The van der Waals surface area contributed by atoms with Crippen LogP contribution < -0.4 is 9.47 Å². The number of hydrogen-bond donors (Lipinski definition) is 0. The maximum Gasteiger partial charge on any atom is 0.160 e. The van der Waals surface area contributed by atoms with Gasteiger partial charge in [0.15, 0.2) is 11.5 Å². The van der Waals surface area contributed by atoms with Crippen molar-refractivity contribution in [3.63, 3.8) is 0 Å². The lowest BCUT2D eigenvalue weighted by molar-refractivity contribution is 0.354. The molecule has 0 amide bonds. The standard InChI is InChI=1S/C16H15Cl2FO2/c1-20-15-6-3-10(8-16(15)21-2)7-13(18)12-5-4-11(17)9-14(12)19/h3-6,8-9,13H,7H2,1-2H3. The van der Waals surface area contributed by atoms with Gasteiger partial charge in [-0.05, 0) is 36.2 Å². The zero-order chi connectivity index (χ0) is 15.4. The Hall–Kier alpha value is -1.45. The van der Waals surface area contributed by atoms with E-state index in [1.807, 2.05) is 12.1 Å². The fraction of sp³-hybridized carbons (Fsp3) is 0.250. The minimum absolute atomic E-state index is 0.353. The molecule has 1 unspecified atom stereocenters. The second-order valence-corrected chi connectivity index (χ2v) is 5.49. The largest absolute Gasteiger partial charge is 0.493 e. The Morgan fingerprint density at radius 3 is 2.38 bits per heavy atom. The summed E-state index contributed by atoms with van der Waals surface area (Å²) < 4.78 is 24.3. The van der Waals surface area contributed by atoms with Crippen molar-refractivity contribution >= 4 is 23.2 Å². The first-order valence-corrected chi connectivity index (χ1v) is 7.16. The van der Waals surface area contributed by atoms with E-state index >= 15 is 0 Å². The van der Waals surface area contributed by atoms with Crippen LogP contribution in [-0.4, -0.2) is 14.2 Å². The highest BCUT2D eigenvalue weighted by atomic mass is 35.5. The zero-order valence-corrected chi connectivity index (χ0v) is 13.2. The summed E-state index contributed by atoms with van der Waals surface area (Å²) in [6, 6.07) is 10.0. The Morgan fingerprint density at radius 1 is 1.05 bits per heavy atom. The molecule has 2 aromatic rings. The molecule has 0 saturated carbocycles. The van der Waals surface area contributed by atoms with Gasteiger partial charge in [-0.1, -0.05) is 23.7 Å². The lowest BCUT2D eigenvalue weighted by Gasteiger charge is -2.13. The van der Waals surface area contributed by atoms with E-state index in [1.165, 1.54) is 6.07 Å². The van der Waals surface area contributed by atoms with Gasteiger partial charge in [0.25, 0.3) is 0 Å². The van der Waals surface area contributed by atoms with E-state index in [0.717, 1.165) is 5.56 Å². The maximum atomic E-state index is 13.9. The highest BCUT2D eigenvalue weighted by Crippen LogP contribution is 2.32. The van der Waals surface area contributed by atoms with Crippen LogP contribution >= 0.6 is 23.2 Å². The summed E-state index contributed by atoms with van der Waals surface area (Å²) in [5.74, 6) is 0.864. The Labute approximate surface area is 133 Å². The normalized spacial score (nSPS) is 12.0. The molecule has 0 N–H and O–H groups in total. The molecule has 0 spiro atoms. The third-order valence-corrected chi connectivity index (χ3v) is 3.79. The van der Waals surface area contributed by atoms with Gasteiger partial charge in [0.05, 0.1) is 19.6 Å². The second kappa shape index (κ2) is 7.01. The van der Waals surface area contributed by atoms with Gasteiger partial charge in [0, 0.05) is 10.6 Å². The number of hydrogen-bond acceptors (Lipinski definition) is 2. The molecule has 0 heterocycles. The van der Waals surface area contributed by atoms with Crippen molar-refractivity contribution in [3.8, 4) is 11.5 Å². The van der Waals surface area contributed by atoms with Gasteiger partial charge in [0.1, 0.15) is 5.82 Å². The van der Waals surface area contributed by atoms with E-state index in [4.69, 9.17) is 32.7 Å². The molecule has 1 atom stereocenters. The fourth-order valence-electron chi connectivity index (χ4n) is 2.08. The molecule has 2 aromatic carbocycles. The molecule has 0 bridgehead atoms. The van der Waals surface area contributed by atoms with Crippen LogP contribution in [0.4, 0.5) is 4.39 Å². The van der Waals surface area contributed by atoms with Gasteiger partial charge < -0.3 is 9.47 Å². The highest BCUT2D eigenvalue weighted by molar-refractivity contribution is 6.30. The minimum Gasteiger partial charge on any atom is -0.493 e. The van der Waals surface area contributed by atoms with E-state index in [0.29, 0.717) is 28.5 Å². The minimum atomic E-state index is -0.486. The first-order valence-electron chi connectivity index (χ1n) is 6.35. The Bertz CT molecular complexity index is 632. The Kier molecular flexibility index (Phi) is 5.32. The summed E-state index contributed by atoms with van der Waals surface area (Å²) in [7, 11) is 3.14. The van der Waals surface area contributed by atoms with Crippen molar-refractivity contribution in [1.29, 1.82) is 0 Å². The molecule has 0 fully saturated rings. The third-order valence-electron chi connectivity index (χ3n) is 3.16. The molecule has 2 nitrogen and oxygen atoms in total. The van der Waals surface area contributed by atoms with E-state index in [2.05, 4.69) is 0 Å². The van der Waals surface area contributed by atoms with Crippen LogP contribution in [0.25, 0.3) is 0 Å². The molecule has 0 saturated heterocycles. The second-order valence-electron chi connectivity index (χ2n) is 4.53. The third kappa shape index (κ3) is 3.80. The van der Waals surface area contributed by atoms with Crippen molar-refractivity contribution in [2.75, 3.05) is 14.2 Å². The van der Waals surface area contributed by atoms with Crippen molar-refractivity contribution in [1.82, 2.24) is 0 Å². The number of benzene rings is 2. The van der Waals surface area contributed by atoms with E-state index < -0.39 is 11.2 Å². The van der Waals surface area contributed by atoms with Crippen LogP contribution in [0.2, 0.25) is 5.02 Å². The first-order chi connectivity index (χ1) is 10.0. The monoisotopic (exact) mass is 328 g/mol. The summed E-state index contributed by atoms with van der Waals surface area (Å²) >= 11 is 12.1. The lowest BCUT2D eigenvalue weighted by atomic mass is 10.0. The Morgan fingerprint density at radius 2 is 1.76 bits per heavy atom. The zero-order valence-electron chi connectivity index (χ0n) is 11.7. The summed E-state index contributed by atoms with van der Waals surface area (Å²) in [5.41, 5.74) is 1.36.